The molecule has 1 N–H and O–H groups in total. The molecular formula is C28H33N3O2. The van der Waals surface area contributed by atoms with E-state index in [1.165, 1.54) is 12.8 Å². The smallest absolute Gasteiger partial charge is 0.255 e. The van der Waals surface area contributed by atoms with Crippen LogP contribution in [0.3, 0.4) is 0 Å². The Hall–Kier alpha value is -2.92. The second kappa shape index (κ2) is 9.52. The first kappa shape index (κ1) is 21.9. The van der Waals surface area contributed by atoms with E-state index < -0.39 is 0 Å². The minimum absolute atomic E-state index is 0.0837. The van der Waals surface area contributed by atoms with E-state index in [4.69, 9.17) is 4.74 Å². The van der Waals surface area contributed by atoms with Crippen molar-refractivity contribution in [3.05, 3.63) is 71.9 Å². The lowest BCUT2D eigenvalue weighted by atomic mass is 9.72. The van der Waals surface area contributed by atoms with Crippen molar-refractivity contribution in [1.82, 2.24) is 15.2 Å². The van der Waals surface area contributed by atoms with Crippen molar-refractivity contribution >= 4 is 16.8 Å². The molecule has 1 aromatic heterocycles. The number of ether oxygens (including phenoxy) is 1. The first-order chi connectivity index (χ1) is 16.2. The highest BCUT2D eigenvalue weighted by Crippen LogP contribution is 2.43. The fraction of sp³-hybridized carbons (Fsp3) is 0.429. The van der Waals surface area contributed by atoms with E-state index in [0.717, 1.165) is 47.8 Å². The van der Waals surface area contributed by atoms with Gasteiger partial charge >= 0.3 is 0 Å². The average Bonchev–Trinajstić information content (AvgIpc) is 2.87. The molecule has 3 saturated heterocycles. The fourth-order valence-electron chi connectivity index (χ4n) is 5.91. The van der Waals surface area contributed by atoms with Crippen LogP contribution in [-0.2, 0) is 0 Å². The van der Waals surface area contributed by atoms with E-state index in [9.17, 15) is 4.79 Å². The molecule has 5 heteroatoms. The molecule has 0 radical (unpaired) electrons. The van der Waals surface area contributed by atoms with Gasteiger partial charge in [0.1, 0.15) is 5.75 Å². The van der Waals surface area contributed by atoms with Gasteiger partial charge in [-0.15, -0.1) is 0 Å². The van der Waals surface area contributed by atoms with Crippen molar-refractivity contribution in [3.8, 4) is 5.75 Å². The lowest BCUT2D eigenvalue weighted by molar-refractivity contribution is -0.0152. The molecule has 0 saturated carbocycles. The van der Waals surface area contributed by atoms with Gasteiger partial charge in [0.2, 0.25) is 0 Å². The Morgan fingerprint density at radius 3 is 2.76 bits per heavy atom. The van der Waals surface area contributed by atoms with Crippen molar-refractivity contribution < 1.29 is 9.53 Å². The van der Waals surface area contributed by atoms with Crippen LogP contribution in [0.15, 0.2) is 60.8 Å². The zero-order valence-electron chi connectivity index (χ0n) is 19.5. The molecule has 2 aromatic carbocycles. The summed E-state index contributed by atoms with van der Waals surface area (Å²) in [6, 6.07) is 18.0. The Labute approximate surface area is 196 Å². The molecule has 4 heterocycles. The van der Waals surface area contributed by atoms with Gasteiger partial charge in [0.05, 0.1) is 23.7 Å². The van der Waals surface area contributed by atoms with E-state index in [1.807, 2.05) is 49.5 Å². The van der Waals surface area contributed by atoms with Gasteiger partial charge in [0.15, 0.2) is 0 Å². The highest BCUT2D eigenvalue weighted by atomic mass is 16.5. The van der Waals surface area contributed by atoms with Crippen LogP contribution in [0, 0.1) is 11.8 Å². The molecular weight excluding hydrogens is 410 g/mol. The number of nitrogens with one attached hydrogen (secondary N) is 1. The maximum atomic E-state index is 13.6. The fourth-order valence-corrected chi connectivity index (χ4v) is 5.91. The number of fused-ring (bicyclic) bond motifs is 4. The van der Waals surface area contributed by atoms with Crippen LogP contribution in [0.1, 0.15) is 55.1 Å². The van der Waals surface area contributed by atoms with Crippen LogP contribution in [0.5, 0.6) is 5.75 Å². The lowest BCUT2D eigenvalue weighted by Gasteiger charge is -2.52. The van der Waals surface area contributed by atoms with E-state index in [1.54, 1.807) is 0 Å². The minimum atomic E-state index is -0.110. The van der Waals surface area contributed by atoms with Gasteiger partial charge in [-0.25, -0.2) is 0 Å². The Morgan fingerprint density at radius 2 is 1.97 bits per heavy atom. The molecule has 0 aliphatic carbocycles. The number of aromatic nitrogens is 1. The van der Waals surface area contributed by atoms with Crippen molar-refractivity contribution in [1.29, 1.82) is 0 Å². The molecule has 1 amide bonds. The molecule has 5 atom stereocenters. The normalized spacial score (nSPS) is 25.0. The van der Waals surface area contributed by atoms with Gasteiger partial charge in [-0.05, 0) is 68.0 Å². The molecule has 6 rings (SSSR count). The quantitative estimate of drug-likeness (QED) is 0.544. The lowest BCUT2D eigenvalue weighted by Crippen LogP contribution is -2.57. The molecule has 5 nitrogen and oxygen atoms in total. The summed E-state index contributed by atoms with van der Waals surface area (Å²) in [6.07, 6.45) is 5.48. The number of nitrogens with zero attached hydrogens (tertiary/aromatic N) is 2. The summed E-state index contributed by atoms with van der Waals surface area (Å²) >= 11 is 0. The zero-order chi connectivity index (χ0) is 22.8. The van der Waals surface area contributed by atoms with Crippen LogP contribution >= 0.6 is 0 Å². The molecule has 0 spiro atoms. The third-order valence-corrected chi connectivity index (χ3v) is 7.58. The predicted octanol–water partition coefficient (Wildman–Crippen LogP) is 5.23. The number of rotatable bonds is 7. The number of benzene rings is 2. The first-order valence-electron chi connectivity index (χ1n) is 12.3. The van der Waals surface area contributed by atoms with Crippen LogP contribution in [-0.4, -0.2) is 41.5 Å². The van der Waals surface area contributed by atoms with Crippen LogP contribution in [0.25, 0.3) is 10.9 Å². The maximum absolute atomic E-state index is 13.6. The average molecular weight is 444 g/mol. The van der Waals surface area contributed by atoms with E-state index in [-0.39, 0.29) is 18.0 Å². The highest BCUT2D eigenvalue weighted by Gasteiger charge is 2.43. The van der Waals surface area contributed by atoms with Crippen LogP contribution in [0.2, 0.25) is 0 Å². The van der Waals surface area contributed by atoms with Crippen molar-refractivity contribution in [2.75, 3.05) is 19.7 Å². The van der Waals surface area contributed by atoms with Crippen LogP contribution < -0.4 is 10.1 Å². The standard InChI is InChI=1S/C28H33N3O2/c1-3-19-18-31-16-14-20(19)17-25(31)27(22-13-15-29-24-11-7-5-9-21(22)24)30-28(32)23-10-6-8-12-26(23)33-4-2/h5-13,15,19-20,25,27H,3-4,14,16-18H2,1-2H3,(H,30,32)/t19-,20-,25+,27-/m0/s1. The van der Waals surface area contributed by atoms with Gasteiger partial charge in [0.25, 0.3) is 5.91 Å². The molecule has 1 unspecified atom stereocenters. The SMILES string of the molecule is CCOc1ccccc1C(=O)N[C@@H](c1ccnc2ccccc12)[C@H]1C[C@@H]2CCN1C[C@@H]2CC. The number of hydrogen-bond donors (Lipinski definition) is 1. The molecule has 3 fully saturated rings. The van der Waals surface area contributed by atoms with E-state index in [2.05, 4.69) is 40.3 Å². The second-order valence-electron chi connectivity index (χ2n) is 9.31. The van der Waals surface area contributed by atoms with Gasteiger partial charge in [-0.1, -0.05) is 43.7 Å². The van der Waals surface area contributed by atoms with Crippen molar-refractivity contribution in [3.63, 3.8) is 0 Å². The summed E-state index contributed by atoms with van der Waals surface area (Å²) in [4.78, 5) is 20.8. The monoisotopic (exact) mass is 443 g/mol. The van der Waals surface area contributed by atoms with Crippen molar-refractivity contribution in [2.45, 2.75) is 45.2 Å². The maximum Gasteiger partial charge on any atom is 0.255 e. The number of pyridine rings is 1. The Morgan fingerprint density at radius 1 is 1.15 bits per heavy atom. The number of amides is 1. The Bertz CT molecular complexity index is 1130. The molecule has 3 aliphatic rings. The van der Waals surface area contributed by atoms with Gasteiger partial charge < -0.3 is 10.1 Å². The largest absolute Gasteiger partial charge is 0.493 e. The molecule has 3 aromatic rings. The third kappa shape index (κ3) is 4.22. The third-order valence-electron chi connectivity index (χ3n) is 7.58. The van der Waals surface area contributed by atoms with Crippen molar-refractivity contribution in [2.24, 2.45) is 11.8 Å². The number of carbonyl (C=O) groups is 1. The van der Waals surface area contributed by atoms with E-state index >= 15 is 0 Å². The molecule has 33 heavy (non-hydrogen) atoms. The first-order valence-corrected chi connectivity index (χ1v) is 12.3. The van der Waals surface area contributed by atoms with Crippen LogP contribution in [0.4, 0.5) is 0 Å². The predicted molar refractivity (Wildman–Crippen MR) is 131 cm³/mol. The summed E-state index contributed by atoms with van der Waals surface area (Å²) in [5.41, 5.74) is 2.70. The van der Waals surface area contributed by atoms with E-state index in [0.29, 0.717) is 17.9 Å². The highest BCUT2D eigenvalue weighted by molar-refractivity contribution is 5.97. The van der Waals surface area contributed by atoms with Gasteiger partial charge in [-0.3, -0.25) is 14.7 Å². The van der Waals surface area contributed by atoms with Gasteiger partial charge in [-0.2, -0.15) is 0 Å². The summed E-state index contributed by atoms with van der Waals surface area (Å²) in [7, 11) is 0. The Balaban J connectivity index is 1.53. The number of piperidine rings is 3. The van der Waals surface area contributed by atoms with Gasteiger partial charge in [0, 0.05) is 24.2 Å². The summed E-state index contributed by atoms with van der Waals surface area (Å²) in [6.45, 7) is 7.01. The second-order valence-corrected chi connectivity index (χ2v) is 9.31. The summed E-state index contributed by atoms with van der Waals surface area (Å²) in [5.74, 6) is 2.04. The number of hydrogen-bond acceptors (Lipinski definition) is 4. The minimum Gasteiger partial charge on any atom is -0.493 e. The zero-order valence-corrected chi connectivity index (χ0v) is 19.5. The summed E-state index contributed by atoms with van der Waals surface area (Å²) < 4.78 is 5.76. The molecule has 172 valence electrons. The number of para-hydroxylation sites is 2. The topological polar surface area (TPSA) is 54.5 Å². The number of carbonyl (C=O) groups excluding carboxylic acids is 1. The summed E-state index contributed by atoms with van der Waals surface area (Å²) in [5, 5.41) is 4.55. The Kier molecular flexibility index (Phi) is 6.32. The molecule has 2 bridgehead atoms. The molecule has 3 aliphatic heterocycles.